The van der Waals surface area contributed by atoms with Crippen molar-refractivity contribution in [2.45, 2.75) is 95.4 Å². The monoisotopic (exact) mass is 416 g/mol. The highest BCUT2D eigenvalue weighted by atomic mass is 16.6. The van der Waals surface area contributed by atoms with Gasteiger partial charge in [0.25, 0.3) is 0 Å². The Labute approximate surface area is 182 Å². The molecule has 5 fully saturated rings. The summed E-state index contributed by atoms with van der Waals surface area (Å²) in [6.45, 7) is 4.48. The van der Waals surface area contributed by atoms with E-state index in [2.05, 4.69) is 6.58 Å². The Kier molecular flexibility index (Phi) is 6.53. The molecule has 168 valence electrons. The van der Waals surface area contributed by atoms with E-state index < -0.39 is 0 Å². The van der Waals surface area contributed by atoms with Crippen LogP contribution in [0.4, 0.5) is 0 Å². The third-order valence-corrected chi connectivity index (χ3v) is 9.31. The minimum Gasteiger partial charge on any atom is -0.454 e. The maximum Gasteiger partial charge on any atom is 0.330 e. The van der Waals surface area contributed by atoms with Crippen LogP contribution in [0.1, 0.15) is 77.0 Å². The summed E-state index contributed by atoms with van der Waals surface area (Å²) in [6.07, 6.45) is 17.7. The number of rotatable bonds is 2. The zero-order chi connectivity index (χ0) is 20.5. The smallest absolute Gasteiger partial charge is 0.330 e. The van der Waals surface area contributed by atoms with Crippen molar-refractivity contribution in [2.24, 2.45) is 35.5 Å². The van der Waals surface area contributed by atoms with E-state index in [1.165, 1.54) is 83.1 Å². The molecule has 4 aliphatic carbocycles. The largest absolute Gasteiger partial charge is 0.454 e. The Morgan fingerprint density at radius 3 is 1.73 bits per heavy atom. The van der Waals surface area contributed by atoms with Gasteiger partial charge in [-0.25, -0.2) is 4.79 Å². The first-order valence-corrected chi connectivity index (χ1v) is 12.8. The van der Waals surface area contributed by atoms with Crippen LogP contribution in [0.3, 0.4) is 0 Å². The number of esters is 1. The average Bonchev–Trinajstić information content (AvgIpc) is 2.87. The van der Waals surface area contributed by atoms with Gasteiger partial charge in [-0.05, 0) is 74.0 Å². The molecule has 4 heteroatoms. The van der Waals surface area contributed by atoms with E-state index >= 15 is 0 Å². The van der Waals surface area contributed by atoms with Crippen molar-refractivity contribution in [1.82, 2.24) is 0 Å². The van der Waals surface area contributed by atoms with Crippen molar-refractivity contribution in [1.29, 1.82) is 0 Å². The minimum atomic E-state index is -0.369. The van der Waals surface area contributed by atoms with Crippen LogP contribution in [0, 0.1) is 35.5 Å². The highest BCUT2D eigenvalue weighted by Crippen LogP contribution is 2.55. The van der Waals surface area contributed by atoms with E-state index in [1.54, 1.807) is 0 Å². The van der Waals surface area contributed by atoms with E-state index in [0.29, 0.717) is 37.3 Å². The molecule has 5 rings (SSSR count). The molecule has 8 unspecified atom stereocenters. The average molecular weight is 417 g/mol. The molecular formula is C26H40O4. The number of fused-ring (bicyclic) bond motifs is 7. The Morgan fingerprint density at radius 2 is 1.23 bits per heavy atom. The Balaban J connectivity index is 1.45. The van der Waals surface area contributed by atoms with Crippen LogP contribution in [-0.4, -0.2) is 37.5 Å². The molecule has 0 aromatic rings. The zero-order valence-electron chi connectivity index (χ0n) is 18.5. The van der Waals surface area contributed by atoms with Crippen molar-refractivity contribution in [3.63, 3.8) is 0 Å². The molecule has 8 atom stereocenters. The lowest BCUT2D eigenvalue weighted by atomic mass is 9.53. The molecule has 0 aromatic heterocycles. The summed E-state index contributed by atoms with van der Waals surface area (Å²) in [6, 6.07) is 0. The van der Waals surface area contributed by atoms with Crippen molar-refractivity contribution in [3.05, 3.63) is 12.7 Å². The summed E-state index contributed by atoms with van der Waals surface area (Å²) in [5.74, 6) is 4.30. The van der Waals surface area contributed by atoms with E-state index in [-0.39, 0.29) is 12.1 Å². The molecule has 0 aromatic carbocycles. The molecule has 1 saturated heterocycles. The summed E-state index contributed by atoms with van der Waals surface area (Å²) in [4.78, 5) is 11.9. The predicted octanol–water partition coefficient (Wildman–Crippen LogP) is 5.30. The van der Waals surface area contributed by atoms with Crippen molar-refractivity contribution >= 4 is 5.97 Å². The van der Waals surface area contributed by atoms with Gasteiger partial charge in [-0.1, -0.05) is 45.1 Å². The number of hydrogen-bond acceptors (Lipinski definition) is 4. The second-order valence-electron chi connectivity index (χ2n) is 10.7. The van der Waals surface area contributed by atoms with Crippen LogP contribution < -0.4 is 0 Å². The number of carbonyl (C=O) groups is 1. The molecule has 1 heterocycles. The van der Waals surface area contributed by atoms with Gasteiger partial charge in [-0.2, -0.15) is 0 Å². The molecule has 0 N–H and O–H groups in total. The normalized spacial score (nSPS) is 46.5. The lowest BCUT2D eigenvalue weighted by molar-refractivity contribution is -0.153. The van der Waals surface area contributed by atoms with Crippen LogP contribution in [0.5, 0.6) is 0 Å². The number of carbonyl (C=O) groups excluding carboxylic acids is 1. The van der Waals surface area contributed by atoms with Gasteiger partial charge in [-0.3, -0.25) is 0 Å². The fourth-order valence-corrected chi connectivity index (χ4v) is 8.14. The van der Waals surface area contributed by atoms with Gasteiger partial charge in [0.2, 0.25) is 0 Å². The molecule has 1 aliphatic heterocycles. The Morgan fingerprint density at radius 1 is 0.733 bits per heavy atom. The van der Waals surface area contributed by atoms with E-state index in [0.717, 1.165) is 23.7 Å². The summed E-state index contributed by atoms with van der Waals surface area (Å²) < 4.78 is 18.8. The third-order valence-electron chi connectivity index (χ3n) is 9.31. The highest BCUT2D eigenvalue weighted by Gasteiger charge is 2.53. The second-order valence-corrected chi connectivity index (χ2v) is 10.7. The standard InChI is InChI=1S/C26H40O4/c1-2-24(27)30-19-15-28-22-13-11-17-7-3-5-9-20(17)25(22)26-21-10-6-4-8-18(21)12-14-23(26)29-16-19/h2,17-23,25-26H,1,3-16H2. The first-order chi connectivity index (χ1) is 14.7. The van der Waals surface area contributed by atoms with Gasteiger partial charge >= 0.3 is 5.97 Å². The first kappa shape index (κ1) is 21.0. The van der Waals surface area contributed by atoms with Crippen LogP contribution >= 0.6 is 0 Å². The molecular weight excluding hydrogens is 376 g/mol. The summed E-state index contributed by atoms with van der Waals surface area (Å²) in [5, 5.41) is 0. The third kappa shape index (κ3) is 4.11. The lowest BCUT2D eigenvalue weighted by Gasteiger charge is -2.55. The maximum absolute atomic E-state index is 11.9. The molecule has 4 nitrogen and oxygen atoms in total. The van der Waals surface area contributed by atoms with Crippen molar-refractivity contribution in [2.75, 3.05) is 13.2 Å². The molecule has 30 heavy (non-hydrogen) atoms. The van der Waals surface area contributed by atoms with Crippen LogP contribution in [0.2, 0.25) is 0 Å². The van der Waals surface area contributed by atoms with E-state index in [4.69, 9.17) is 14.2 Å². The molecule has 4 saturated carbocycles. The molecule has 0 amide bonds. The minimum absolute atomic E-state index is 0.309. The van der Waals surface area contributed by atoms with Gasteiger partial charge in [0.05, 0.1) is 25.4 Å². The SMILES string of the molecule is C=CC(=O)OC1COC2CCC3CCCCC3C2C2C(CCC3CCCCC32)OC1. The summed E-state index contributed by atoms with van der Waals surface area (Å²) in [5.41, 5.74) is 0. The predicted molar refractivity (Wildman–Crippen MR) is 116 cm³/mol. The Bertz CT molecular complexity index is 576. The molecule has 0 bridgehead atoms. The number of hydrogen-bond donors (Lipinski definition) is 0. The van der Waals surface area contributed by atoms with Gasteiger partial charge in [0.1, 0.15) is 6.10 Å². The summed E-state index contributed by atoms with van der Waals surface area (Å²) in [7, 11) is 0. The van der Waals surface area contributed by atoms with Gasteiger partial charge in [0, 0.05) is 6.08 Å². The van der Waals surface area contributed by atoms with Crippen LogP contribution in [0.25, 0.3) is 0 Å². The van der Waals surface area contributed by atoms with E-state index in [9.17, 15) is 4.79 Å². The second kappa shape index (κ2) is 9.32. The molecule has 0 radical (unpaired) electrons. The topological polar surface area (TPSA) is 44.8 Å². The van der Waals surface area contributed by atoms with E-state index in [1.807, 2.05) is 0 Å². The van der Waals surface area contributed by atoms with Gasteiger partial charge < -0.3 is 14.2 Å². The molecule has 0 spiro atoms. The Hall–Kier alpha value is -0.870. The highest BCUT2D eigenvalue weighted by molar-refractivity contribution is 5.81. The summed E-state index contributed by atoms with van der Waals surface area (Å²) >= 11 is 0. The van der Waals surface area contributed by atoms with Crippen LogP contribution in [0.15, 0.2) is 12.7 Å². The first-order valence-electron chi connectivity index (χ1n) is 12.8. The molecule has 5 aliphatic rings. The van der Waals surface area contributed by atoms with Gasteiger partial charge in [-0.15, -0.1) is 0 Å². The quantitative estimate of drug-likeness (QED) is 0.452. The maximum atomic E-state index is 11.9. The number of ether oxygens (including phenoxy) is 3. The van der Waals surface area contributed by atoms with Crippen molar-refractivity contribution in [3.8, 4) is 0 Å². The van der Waals surface area contributed by atoms with Crippen LogP contribution in [-0.2, 0) is 19.0 Å². The zero-order valence-corrected chi connectivity index (χ0v) is 18.5. The fraction of sp³-hybridized carbons (Fsp3) is 0.885. The van der Waals surface area contributed by atoms with Crippen molar-refractivity contribution < 1.29 is 19.0 Å². The lowest BCUT2D eigenvalue weighted by Crippen LogP contribution is -2.53. The van der Waals surface area contributed by atoms with Gasteiger partial charge in [0.15, 0.2) is 0 Å². The fourth-order valence-electron chi connectivity index (χ4n) is 8.14.